The number of aliphatic imine (C=N–C) groups is 1. The molecule has 3 aliphatic heterocycles. The van der Waals surface area contributed by atoms with Gasteiger partial charge in [-0.1, -0.05) is 18.2 Å². The van der Waals surface area contributed by atoms with Crippen molar-refractivity contribution in [2.45, 2.75) is 32.0 Å². The fourth-order valence-electron chi connectivity index (χ4n) is 4.49. The van der Waals surface area contributed by atoms with E-state index in [1.807, 2.05) is 44.1 Å². The van der Waals surface area contributed by atoms with E-state index in [0.717, 1.165) is 42.1 Å². The van der Waals surface area contributed by atoms with Crippen molar-refractivity contribution in [2.75, 3.05) is 16.7 Å². The normalized spacial score (nSPS) is 22.0. The second-order valence-electron chi connectivity index (χ2n) is 7.42. The van der Waals surface area contributed by atoms with Crippen LogP contribution < -0.4 is 10.1 Å². The van der Waals surface area contributed by atoms with E-state index in [0.29, 0.717) is 0 Å². The van der Waals surface area contributed by atoms with Gasteiger partial charge in [0.15, 0.2) is 12.0 Å². The van der Waals surface area contributed by atoms with Gasteiger partial charge in [-0.3, -0.25) is 9.36 Å². The van der Waals surface area contributed by atoms with Crippen molar-refractivity contribution in [1.82, 2.24) is 29.6 Å². The van der Waals surface area contributed by atoms with Crippen LogP contribution in [0.5, 0.6) is 0 Å². The third kappa shape index (κ3) is 2.25. The predicted octanol–water partition coefficient (Wildman–Crippen LogP) is 1.56. The number of aromatic nitrogens is 5. The number of para-hydroxylation sites is 1. The van der Waals surface area contributed by atoms with E-state index in [1.165, 1.54) is 0 Å². The SMILES string of the molecule is CC(=O)N1CCCC1c1cn(N2C=NC3c4ccccc4-n4cncc4N32)nn1. The van der Waals surface area contributed by atoms with E-state index in [1.54, 1.807) is 24.4 Å². The Balaban J connectivity index is 1.37. The second kappa shape index (κ2) is 5.90. The van der Waals surface area contributed by atoms with E-state index < -0.39 is 0 Å². The molecule has 1 aromatic carbocycles. The van der Waals surface area contributed by atoms with Gasteiger partial charge in [0.1, 0.15) is 18.4 Å². The first-order chi connectivity index (χ1) is 14.2. The summed E-state index contributed by atoms with van der Waals surface area (Å²) in [7, 11) is 0. The number of nitrogens with zero attached hydrogens (tertiary/aromatic N) is 9. The molecule has 0 N–H and O–H groups in total. The largest absolute Gasteiger partial charge is 0.334 e. The molecule has 0 bridgehead atoms. The van der Waals surface area contributed by atoms with Crippen LogP contribution in [0.3, 0.4) is 0 Å². The maximum Gasteiger partial charge on any atom is 0.220 e. The number of rotatable bonds is 2. The number of benzene rings is 1. The van der Waals surface area contributed by atoms with Gasteiger partial charge >= 0.3 is 0 Å². The lowest BCUT2D eigenvalue weighted by atomic mass is 10.1. The minimum atomic E-state index is -0.191. The Morgan fingerprint density at radius 3 is 3.03 bits per heavy atom. The van der Waals surface area contributed by atoms with Gasteiger partial charge in [0.2, 0.25) is 5.91 Å². The third-order valence-corrected chi connectivity index (χ3v) is 5.80. The fourth-order valence-corrected chi connectivity index (χ4v) is 4.49. The Morgan fingerprint density at radius 1 is 1.24 bits per heavy atom. The molecule has 3 aromatic rings. The quantitative estimate of drug-likeness (QED) is 0.661. The minimum Gasteiger partial charge on any atom is -0.334 e. The fraction of sp³-hybridized carbons (Fsp3) is 0.316. The van der Waals surface area contributed by atoms with Gasteiger partial charge in [0, 0.05) is 19.0 Å². The van der Waals surface area contributed by atoms with Crippen molar-refractivity contribution in [3.8, 4) is 5.69 Å². The van der Waals surface area contributed by atoms with Gasteiger partial charge in [0.25, 0.3) is 0 Å². The number of hydrazine groups is 1. The number of carbonyl (C=O) groups is 1. The third-order valence-electron chi connectivity index (χ3n) is 5.80. The Kier molecular flexibility index (Phi) is 3.31. The number of anilines is 1. The molecule has 1 amide bonds. The Bertz CT molecular complexity index is 1130. The first-order valence-electron chi connectivity index (χ1n) is 9.65. The molecule has 1 saturated heterocycles. The molecule has 0 radical (unpaired) electrons. The average molecular weight is 389 g/mol. The first-order valence-corrected chi connectivity index (χ1v) is 9.65. The molecular formula is C19H19N9O. The number of carbonyl (C=O) groups excluding carboxylic acids is 1. The zero-order valence-corrected chi connectivity index (χ0v) is 15.8. The zero-order valence-electron chi connectivity index (χ0n) is 15.8. The summed E-state index contributed by atoms with van der Waals surface area (Å²) < 4.78 is 2.04. The van der Waals surface area contributed by atoms with E-state index in [4.69, 9.17) is 4.99 Å². The average Bonchev–Trinajstić information content (AvgIpc) is 3.52. The molecule has 0 saturated carbocycles. The second-order valence-corrected chi connectivity index (χ2v) is 7.42. The molecule has 146 valence electrons. The standard InChI is InChI=1S/C19H19N9O/c1-13(29)24-8-4-7-17(24)15-10-26(23-22-15)27-12-21-19-14-5-2-3-6-16(14)25-11-20-9-18(25)28(19)27/h2-3,5-6,9-12,17,19H,4,7-8H2,1H3. The summed E-state index contributed by atoms with van der Waals surface area (Å²) in [6.45, 7) is 2.37. The molecule has 1 fully saturated rings. The molecule has 2 aromatic heterocycles. The van der Waals surface area contributed by atoms with Crippen LogP contribution in [0.4, 0.5) is 5.82 Å². The highest BCUT2D eigenvalue weighted by atomic mass is 16.2. The highest BCUT2D eigenvalue weighted by Gasteiger charge is 2.39. The van der Waals surface area contributed by atoms with Crippen LogP contribution in [-0.2, 0) is 4.79 Å². The van der Waals surface area contributed by atoms with Crippen LogP contribution in [0.25, 0.3) is 5.69 Å². The van der Waals surface area contributed by atoms with Crippen LogP contribution in [0.1, 0.15) is 43.2 Å². The lowest BCUT2D eigenvalue weighted by molar-refractivity contribution is -0.129. The van der Waals surface area contributed by atoms with E-state index in [2.05, 4.69) is 27.4 Å². The molecular weight excluding hydrogens is 370 g/mol. The molecule has 6 rings (SSSR count). The van der Waals surface area contributed by atoms with Crippen molar-refractivity contribution in [3.63, 3.8) is 0 Å². The van der Waals surface area contributed by atoms with Crippen molar-refractivity contribution in [2.24, 2.45) is 4.99 Å². The van der Waals surface area contributed by atoms with Gasteiger partial charge in [-0.25, -0.2) is 15.0 Å². The van der Waals surface area contributed by atoms with Crippen LogP contribution in [0.2, 0.25) is 0 Å². The van der Waals surface area contributed by atoms with Gasteiger partial charge in [-0.2, -0.15) is 5.12 Å². The summed E-state index contributed by atoms with van der Waals surface area (Å²) in [4.78, 5) is 24.5. The summed E-state index contributed by atoms with van der Waals surface area (Å²) >= 11 is 0. The number of likely N-dealkylation sites (tertiary alicyclic amines) is 1. The summed E-state index contributed by atoms with van der Waals surface area (Å²) in [5.41, 5.74) is 2.96. The van der Waals surface area contributed by atoms with Crippen LogP contribution in [0.15, 0.2) is 48.0 Å². The Labute approximate surface area is 166 Å². The van der Waals surface area contributed by atoms with Gasteiger partial charge in [-0.15, -0.1) is 9.89 Å². The van der Waals surface area contributed by atoms with Crippen molar-refractivity contribution < 1.29 is 4.79 Å². The van der Waals surface area contributed by atoms with Gasteiger partial charge in [-0.05, 0) is 24.1 Å². The maximum atomic E-state index is 11.9. The smallest absolute Gasteiger partial charge is 0.220 e. The lowest BCUT2D eigenvalue weighted by Crippen LogP contribution is -2.49. The summed E-state index contributed by atoms with van der Waals surface area (Å²) in [5, 5.41) is 12.6. The maximum absolute atomic E-state index is 11.9. The molecule has 29 heavy (non-hydrogen) atoms. The highest BCUT2D eigenvalue weighted by molar-refractivity contribution is 5.78. The molecule has 10 heteroatoms. The summed E-state index contributed by atoms with van der Waals surface area (Å²) in [6.07, 6.45) is 8.93. The van der Waals surface area contributed by atoms with Crippen molar-refractivity contribution in [3.05, 3.63) is 54.2 Å². The minimum absolute atomic E-state index is 0.0239. The number of hydrogen-bond acceptors (Lipinski definition) is 7. The summed E-state index contributed by atoms with van der Waals surface area (Å²) in [5.74, 6) is 0.968. The van der Waals surface area contributed by atoms with Crippen LogP contribution >= 0.6 is 0 Å². The van der Waals surface area contributed by atoms with Crippen LogP contribution in [-0.4, -0.2) is 48.3 Å². The molecule has 5 heterocycles. The monoisotopic (exact) mass is 389 g/mol. The van der Waals surface area contributed by atoms with Crippen LogP contribution in [0, 0.1) is 0 Å². The molecule has 0 spiro atoms. The molecule has 2 unspecified atom stereocenters. The number of fused-ring (bicyclic) bond motifs is 6. The van der Waals surface area contributed by atoms with Gasteiger partial charge < -0.3 is 4.90 Å². The number of hydrogen-bond donors (Lipinski definition) is 0. The first kappa shape index (κ1) is 16.3. The number of imidazole rings is 1. The van der Waals surface area contributed by atoms with E-state index in [9.17, 15) is 4.79 Å². The highest BCUT2D eigenvalue weighted by Crippen LogP contribution is 2.41. The van der Waals surface area contributed by atoms with E-state index >= 15 is 0 Å². The van der Waals surface area contributed by atoms with E-state index in [-0.39, 0.29) is 18.1 Å². The zero-order chi connectivity index (χ0) is 19.5. The summed E-state index contributed by atoms with van der Waals surface area (Å²) in [6, 6.07) is 8.15. The lowest BCUT2D eigenvalue weighted by Gasteiger charge is -2.36. The van der Waals surface area contributed by atoms with Gasteiger partial charge in [0.05, 0.1) is 24.1 Å². The van der Waals surface area contributed by atoms with Crippen molar-refractivity contribution >= 4 is 18.1 Å². The van der Waals surface area contributed by atoms with Crippen molar-refractivity contribution in [1.29, 1.82) is 0 Å². The topological polar surface area (TPSA) is 87.7 Å². The molecule has 0 aliphatic carbocycles. The molecule has 10 nitrogen and oxygen atoms in total. The Hall–Kier alpha value is -3.69. The predicted molar refractivity (Wildman–Crippen MR) is 105 cm³/mol. The molecule has 3 aliphatic rings. The number of amides is 1. The Morgan fingerprint density at radius 2 is 2.14 bits per heavy atom. The molecule has 2 atom stereocenters.